The first-order valence-corrected chi connectivity index (χ1v) is 7.01. The monoisotopic (exact) mass is 262 g/mol. The lowest BCUT2D eigenvalue weighted by molar-refractivity contribution is 0.293. The number of ether oxygens (including phenoxy) is 2. The molecular weight excluding hydrogens is 240 g/mol. The molecule has 3 rings (SSSR count). The molecule has 0 amide bonds. The largest absolute Gasteiger partial charge is 0.490 e. The van der Waals surface area contributed by atoms with Gasteiger partial charge in [0.15, 0.2) is 11.5 Å². The van der Waals surface area contributed by atoms with Crippen LogP contribution in [0.4, 0.5) is 0 Å². The number of nitrogens with zero attached hydrogens (tertiary/aromatic N) is 1. The molecule has 0 radical (unpaired) electrons. The van der Waals surface area contributed by atoms with E-state index in [1.165, 1.54) is 5.56 Å². The lowest BCUT2D eigenvalue weighted by Crippen LogP contribution is -2.36. The Kier molecular flexibility index (Phi) is 3.37. The fourth-order valence-electron chi connectivity index (χ4n) is 2.53. The van der Waals surface area contributed by atoms with Gasteiger partial charge in [0.2, 0.25) is 0 Å². The van der Waals surface area contributed by atoms with Crippen LogP contribution in [0.3, 0.4) is 0 Å². The van der Waals surface area contributed by atoms with E-state index in [2.05, 4.69) is 24.1 Å². The Labute approximate surface area is 114 Å². The van der Waals surface area contributed by atoms with Gasteiger partial charge in [0, 0.05) is 25.0 Å². The van der Waals surface area contributed by atoms with E-state index >= 15 is 0 Å². The van der Waals surface area contributed by atoms with Gasteiger partial charge < -0.3 is 20.1 Å². The fraction of sp³-hybridized carbons (Fsp3) is 0.600. The highest BCUT2D eigenvalue weighted by Gasteiger charge is 2.38. The molecule has 0 atom stereocenters. The van der Waals surface area contributed by atoms with E-state index in [1.807, 2.05) is 6.07 Å². The van der Waals surface area contributed by atoms with Crippen molar-refractivity contribution in [1.82, 2.24) is 4.90 Å². The predicted octanol–water partition coefficient (Wildman–Crippen LogP) is 1.77. The molecule has 1 aliphatic carbocycles. The first kappa shape index (κ1) is 12.8. The SMILES string of the molecule is CN(Cc1ccc2c(c1)OCCCO2)CC1(N)CC1. The zero-order chi connectivity index (χ0) is 13.3. The Hall–Kier alpha value is -1.26. The van der Waals surface area contributed by atoms with Crippen molar-refractivity contribution in [3.63, 3.8) is 0 Å². The first-order valence-electron chi connectivity index (χ1n) is 7.01. The van der Waals surface area contributed by atoms with Gasteiger partial charge in [-0.1, -0.05) is 6.07 Å². The number of nitrogens with two attached hydrogens (primary N) is 1. The summed E-state index contributed by atoms with van der Waals surface area (Å²) >= 11 is 0. The molecule has 0 saturated heterocycles. The number of fused-ring (bicyclic) bond motifs is 1. The summed E-state index contributed by atoms with van der Waals surface area (Å²) < 4.78 is 11.4. The maximum absolute atomic E-state index is 6.15. The number of hydrogen-bond donors (Lipinski definition) is 1. The molecule has 2 aliphatic rings. The summed E-state index contributed by atoms with van der Waals surface area (Å²) in [5, 5.41) is 0. The topological polar surface area (TPSA) is 47.7 Å². The minimum Gasteiger partial charge on any atom is -0.490 e. The summed E-state index contributed by atoms with van der Waals surface area (Å²) in [5.41, 5.74) is 7.46. The van der Waals surface area contributed by atoms with E-state index in [1.54, 1.807) is 0 Å². The second kappa shape index (κ2) is 5.02. The standard InChI is InChI=1S/C15H22N2O2/c1-17(11-15(16)5-6-15)10-12-3-4-13-14(9-12)19-8-2-7-18-13/h3-4,9H,2,5-8,10-11,16H2,1H3. The second-order valence-electron chi connectivity index (χ2n) is 5.87. The summed E-state index contributed by atoms with van der Waals surface area (Å²) in [6.45, 7) is 3.33. The second-order valence-corrected chi connectivity index (χ2v) is 5.87. The molecule has 1 fully saturated rings. The maximum Gasteiger partial charge on any atom is 0.161 e. The number of likely N-dealkylation sites (N-methyl/N-ethyl adjacent to an activating group) is 1. The van der Waals surface area contributed by atoms with Crippen LogP contribution in [0.25, 0.3) is 0 Å². The molecule has 1 heterocycles. The van der Waals surface area contributed by atoms with E-state index in [0.717, 1.165) is 57.1 Å². The van der Waals surface area contributed by atoms with E-state index in [9.17, 15) is 0 Å². The van der Waals surface area contributed by atoms with Crippen molar-refractivity contribution in [3.8, 4) is 11.5 Å². The molecule has 19 heavy (non-hydrogen) atoms. The van der Waals surface area contributed by atoms with Gasteiger partial charge in [0.05, 0.1) is 13.2 Å². The zero-order valence-corrected chi connectivity index (χ0v) is 11.5. The van der Waals surface area contributed by atoms with Crippen molar-refractivity contribution < 1.29 is 9.47 Å². The molecule has 4 heteroatoms. The molecule has 1 aliphatic heterocycles. The lowest BCUT2D eigenvalue weighted by Gasteiger charge is -2.21. The van der Waals surface area contributed by atoms with Crippen LogP contribution in [0, 0.1) is 0 Å². The third-order valence-electron chi connectivity index (χ3n) is 3.74. The molecule has 104 valence electrons. The van der Waals surface area contributed by atoms with Crippen LogP contribution in [-0.2, 0) is 6.54 Å². The molecule has 0 unspecified atom stereocenters. The average molecular weight is 262 g/mol. The number of hydrogen-bond acceptors (Lipinski definition) is 4. The molecular formula is C15H22N2O2. The van der Waals surface area contributed by atoms with E-state index < -0.39 is 0 Å². The molecule has 1 saturated carbocycles. The van der Waals surface area contributed by atoms with Gasteiger partial charge >= 0.3 is 0 Å². The molecule has 1 aromatic rings. The summed E-state index contributed by atoms with van der Waals surface area (Å²) in [6, 6.07) is 6.21. The Morgan fingerprint density at radius 3 is 2.68 bits per heavy atom. The summed E-state index contributed by atoms with van der Waals surface area (Å²) in [7, 11) is 2.12. The highest BCUT2D eigenvalue weighted by molar-refractivity contribution is 5.43. The Bertz CT molecular complexity index is 457. The van der Waals surface area contributed by atoms with Gasteiger partial charge in [-0.05, 0) is 37.6 Å². The van der Waals surface area contributed by atoms with Crippen LogP contribution in [0.5, 0.6) is 11.5 Å². The molecule has 2 N–H and O–H groups in total. The quantitative estimate of drug-likeness (QED) is 0.898. The maximum atomic E-state index is 6.15. The molecule has 1 aromatic carbocycles. The van der Waals surface area contributed by atoms with Gasteiger partial charge in [0.25, 0.3) is 0 Å². The first-order chi connectivity index (χ1) is 9.15. The molecule has 0 aromatic heterocycles. The summed E-state index contributed by atoms with van der Waals surface area (Å²) in [6.07, 6.45) is 3.25. The normalized spacial score (nSPS) is 20.2. The molecule has 0 spiro atoms. The third-order valence-corrected chi connectivity index (χ3v) is 3.74. The molecule has 0 bridgehead atoms. The van der Waals surface area contributed by atoms with Crippen molar-refractivity contribution in [1.29, 1.82) is 0 Å². The van der Waals surface area contributed by atoms with Crippen LogP contribution in [0.1, 0.15) is 24.8 Å². The fourth-order valence-corrected chi connectivity index (χ4v) is 2.53. The highest BCUT2D eigenvalue weighted by Crippen LogP contribution is 2.34. The predicted molar refractivity (Wildman–Crippen MR) is 74.5 cm³/mol. The average Bonchev–Trinajstić information content (AvgIpc) is 3.11. The van der Waals surface area contributed by atoms with Crippen molar-refractivity contribution >= 4 is 0 Å². The lowest BCUT2D eigenvalue weighted by atomic mass is 10.1. The van der Waals surface area contributed by atoms with Gasteiger partial charge in [-0.25, -0.2) is 0 Å². The van der Waals surface area contributed by atoms with Gasteiger partial charge in [-0.2, -0.15) is 0 Å². The van der Waals surface area contributed by atoms with Crippen LogP contribution in [0.2, 0.25) is 0 Å². The van der Waals surface area contributed by atoms with Gasteiger partial charge in [0.1, 0.15) is 0 Å². The van der Waals surface area contributed by atoms with Crippen LogP contribution < -0.4 is 15.2 Å². The van der Waals surface area contributed by atoms with Gasteiger partial charge in [-0.15, -0.1) is 0 Å². The van der Waals surface area contributed by atoms with E-state index in [4.69, 9.17) is 15.2 Å². The Morgan fingerprint density at radius 2 is 1.95 bits per heavy atom. The zero-order valence-electron chi connectivity index (χ0n) is 11.5. The minimum atomic E-state index is 0.0695. The van der Waals surface area contributed by atoms with Crippen LogP contribution in [-0.4, -0.2) is 37.2 Å². The number of rotatable bonds is 4. The van der Waals surface area contributed by atoms with Crippen molar-refractivity contribution in [3.05, 3.63) is 23.8 Å². The smallest absolute Gasteiger partial charge is 0.161 e. The van der Waals surface area contributed by atoms with E-state index in [-0.39, 0.29) is 5.54 Å². The van der Waals surface area contributed by atoms with E-state index in [0.29, 0.717) is 0 Å². The molecule has 4 nitrogen and oxygen atoms in total. The number of benzene rings is 1. The van der Waals surface area contributed by atoms with Crippen molar-refractivity contribution in [2.45, 2.75) is 31.3 Å². The summed E-state index contributed by atoms with van der Waals surface area (Å²) in [4.78, 5) is 2.28. The van der Waals surface area contributed by atoms with Crippen molar-refractivity contribution in [2.24, 2.45) is 5.73 Å². The van der Waals surface area contributed by atoms with Crippen LogP contribution in [0.15, 0.2) is 18.2 Å². The summed E-state index contributed by atoms with van der Waals surface area (Å²) in [5.74, 6) is 1.73. The van der Waals surface area contributed by atoms with Crippen molar-refractivity contribution in [2.75, 3.05) is 26.8 Å². The Balaban J connectivity index is 1.66. The highest BCUT2D eigenvalue weighted by atomic mass is 16.5. The van der Waals surface area contributed by atoms with Crippen LogP contribution >= 0.6 is 0 Å². The van der Waals surface area contributed by atoms with Gasteiger partial charge in [-0.3, -0.25) is 0 Å². The third kappa shape index (κ3) is 3.19. The Morgan fingerprint density at radius 1 is 1.21 bits per heavy atom. The minimum absolute atomic E-state index is 0.0695.